The number of anilines is 1. The molecule has 2 rings (SSSR count). The first-order chi connectivity index (χ1) is 8.31. The number of hydrogen-bond acceptors (Lipinski definition) is 3. The van der Waals surface area contributed by atoms with E-state index in [0.717, 1.165) is 32.5 Å². The molecule has 1 unspecified atom stereocenters. The summed E-state index contributed by atoms with van der Waals surface area (Å²) in [5, 5.41) is 3.50. The summed E-state index contributed by atoms with van der Waals surface area (Å²) in [7, 11) is 0. The van der Waals surface area contributed by atoms with Crippen LogP contribution in [0, 0.1) is 5.82 Å². The first kappa shape index (κ1) is 12.3. The summed E-state index contributed by atoms with van der Waals surface area (Å²) in [5.41, 5.74) is 0. The van der Waals surface area contributed by atoms with Gasteiger partial charge in [-0.3, -0.25) is 0 Å². The molecule has 2 heterocycles. The molecule has 1 N–H and O–H groups in total. The van der Waals surface area contributed by atoms with Crippen molar-refractivity contribution in [2.24, 2.45) is 0 Å². The Morgan fingerprint density at radius 1 is 1.59 bits per heavy atom. The molecular formula is C13H20FN3. The van der Waals surface area contributed by atoms with Crippen LogP contribution in [-0.4, -0.2) is 30.7 Å². The van der Waals surface area contributed by atoms with Crippen LogP contribution >= 0.6 is 0 Å². The van der Waals surface area contributed by atoms with E-state index in [1.807, 2.05) is 4.90 Å². The third kappa shape index (κ3) is 3.16. The molecule has 0 amide bonds. The van der Waals surface area contributed by atoms with Gasteiger partial charge in [-0.15, -0.1) is 0 Å². The Morgan fingerprint density at radius 2 is 2.47 bits per heavy atom. The van der Waals surface area contributed by atoms with Gasteiger partial charge < -0.3 is 10.2 Å². The molecule has 0 bridgehead atoms. The Labute approximate surface area is 102 Å². The van der Waals surface area contributed by atoms with Crippen LogP contribution in [0.15, 0.2) is 18.3 Å². The number of pyridine rings is 1. The predicted molar refractivity (Wildman–Crippen MR) is 67.7 cm³/mol. The number of aromatic nitrogens is 1. The van der Waals surface area contributed by atoms with E-state index in [0.29, 0.717) is 11.9 Å². The zero-order valence-electron chi connectivity index (χ0n) is 10.3. The van der Waals surface area contributed by atoms with Crippen molar-refractivity contribution in [3.63, 3.8) is 0 Å². The lowest BCUT2D eigenvalue weighted by atomic mass is 10.1. The summed E-state index contributed by atoms with van der Waals surface area (Å²) in [6.07, 6.45) is 5.05. The largest absolute Gasteiger partial charge is 0.353 e. The number of piperidine rings is 1. The maximum atomic E-state index is 13.6. The minimum absolute atomic E-state index is 0.219. The monoisotopic (exact) mass is 237 g/mol. The molecular weight excluding hydrogens is 217 g/mol. The molecule has 1 aliphatic heterocycles. The van der Waals surface area contributed by atoms with Crippen molar-refractivity contribution < 1.29 is 4.39 Å². The van der Waals surface area contributed by atoms with E-state index < -0.39 is 0 Å². The molecule has 1 fully saturated rings. The van der Waals surface area contributed by atoms with Gasteiger partial charge >= 0.3 is 0 Å². The van der Waals surface area contributed by atoms with E-state index in [-0.39, 0.29) is 5.82 Å². The first-order valence-corrected chi connectivity index (χ1v) is 6.40. The Hall–Kier alpha value is -1.16. The fourth-order valence-corrected chi connectivity index (χ4v) is 2.29. The van der Waals surface area contributed by atoms with Crippen molar-refractivity contribution in [1.29, 1.82) is 0 Å². The molecule has 17 heavy (non-hydrogen) atoms. The van der Waals surface area contributed by atoms with Gasteiger partial charge in [-0.25, -0.2) is 9.37 Å². The van der Waals surface area contributed by atoms with Gasteiger partial charge in [0.15, 0.2) is 11.6 Å². The molecule has 1 aliphatic rings. The number of halogens is 1. The highest BCUT2D eigenvalue weighted by molar-refractivity contribution is 5.40. The van der Waals surface area contributed by atoms with Gasteiger partial charge in [0.05, 0.1) is 0 Å². The molecule has 1 aromatic heterocycles. The summed E-state index contributed by atoms with van der Waals surface area (Å²) in [5.74, 6) is 0.277. The smallest absolute Gasteiger partial charge is 0.165 e. The molecule has 1 aromatic rings. The van der Waals surface area contributed by atoms with Crippen LogP contribution in [0.25, 0.3) is 0 Å². The summed E-state index contributed by atoms with van der Waals surface area (Å²) < 4.78 is 13.6. The van der Waals surface area contributed by atoms with E-state index in [9.17, 15) is 4.39 Å². The minimum Gasteiger partial charge on any atom is -0.353 e. The Kier molecular flexibility index (Phi) is 4.31. The van der Waals surface area contributed by atoms with Crippen molar-refractivity contribution in [2.45, 2.75) is 32.2 Å². The van der Waals surface area contributed by atoms with Crippen molar-refractivity contribution >= 4 is 5.82 Å². The van der Waals surface area contributed by atoms with Gasteiger partial charge in [0.25, 0.3) is 0 Å². The van der Waals surface area contributed by atoms with Gasteiger partial charge in [0, 0.05) is 25.3 Å². The maximum absolute atomic E-state index is 13.6. The second-order valence-corrected chi connectivity index (χ2v) is 4.55. The number of nitrogens with one attached hydrogen (secondary N) is 1. The molecule has 0 spiro atoms. The van der Waals surface area contributed by atoms with Crippen LogP contribution in [0.2, 0.25) is 0 Å². The second kappa shape index (κ2) is 5.96. The van der Waals surface area contributed by atoms with Gasteiger partial charge in [-0.1, -0.05) is 6.92 Å². The third-order valence-electron chi connectivity index (χ3n) is 3.14. The summed E-state index contributed by atoms with van der Waals surface area (Å²) in [4.78, 5) is 6.19. The number of rotatable bonds is 4. The normalized spacial score (nSPS) is 20.6. The quantitative estimate of drug-likeness (QED) is 0.870. The van der Waals surface area contributed by atoms with E-state index in [4.69, 9.17) is 0 Å². The molecule has 1 atom stereocenters. The predicted octanol–water partition coefficient (Wildman–Crippen LogP) is 2.19. The zero-order chi connectivity index (χ0) is 12.1. The molecule has 0 saturated carbocycles. The molecule has 0 aromatic carbocycles. The first-order valence-electron chi connectivity index (χ1n) is 6.40. The molecule has 0 radical (unpaired) electrons. The summed E-state index contributed by atoms with van der Waals surface area (Å²) in [6.45, 7) is 4.95. The lowest BCUT2D eigenvalue weighted by molar-refractivity contribution is 0.418. The van der Waals surface area contributed by atoms with E-state index >= 15 is 0 Å². The lowest BCUT2D eigenvalue weighted by Crippen LogP contribution is -2.46. The molecule has 0 aliphatic carbocycles. The SMILES string of the molecule is CCCNC1CCCN(c2ncccc2F)C1. The van der Waals surface area contributed by atoms with E-state index in [1.54, 1.807) is 12.3 Å². The summed E-state index contributed by atoms with van der Waals surface area (Å²) in [6, 6.07) is 3.58. The van der Waals surface area contributed by atoms with Crippen molar-refractivity contribution in [2.75, 3.05) is 24.5 Å². The fourth-order valence-electron chi connectivity index (χ4n) is 2.29. The Morgan fingerprint density at radius 3 is 3.24 bits per heavy atom. The van der Waals surface area contributed by atoms with Crippen LogP contribution in [0.3, 0.4) is 0 Å². The topological polar surface area (TPSA) is 28.2 Å². The van der Waals surface area contributed by atoms with Crippen LogP contribution in [-0.2, 0) is 0 Å². The summed E-state index contributed by atoms with van der Waals surface area (Å²) >= 11 is 0. The molecule has 3 nitrogen and oxygen atoms in total. The number of hydrogen-bond donors (Lipinski definition) is 1. The Bertz CT molecular complexity index is 356. The van der Waals surface area contributed by atoms with Gasteiger partial charge in [0.1, 0.15) is 0 Å². The van der Waals surface area contributed by atoms with Crippen LogP contribution in [0.1, 0.15) is 26.2 Å². The van der Waals surface area contributed by atoms with Crippen LogP contribution in [0.4, 0.5) is 10.2 Å². The highest BCUT2D eigenvalue weighted by Crippen LogP contribution is 2.20. The zero-order valence-corrected chi connectivity index (χ0v) is 10.3. The Balaban J connectivity index is 1.99. The van der Waals surface area contributed by atoms with Crippen molar-refractivity contribution in [3.05, 3.63) is 24.1 Å². The number of nitrogens with zero attached hydrogens (tertiary/aromatic N) is 2. The molecule has 4 heteroatoms. The average molecular weight is 237 g/mol. The van der Waals surface area contributed by atoms with Crippen LogP contribution in [0.5, 0.6) is 0 Å². The highest BCUT2D eigenvalue weighted by atomic mass is 19.1. The maximum Gasteiger partial charge on any atom is 0.165 e. The highest BCUT2D eigenvalue weighted by Gasteiger charge is 2.21. The van der Waals surface area contributed by atoms with Crippen molar-refractivity contribution in [3.8, 4) is 0 Å². The van der Waals surface area contributed by atoms with Gasteiger partial charge in [0.2, 0.25) is 0 Å². The van der Waals surface area contributed by atoms with Crippen LogP contribution < -0.4 is 10.2 Å². The third-order valence-corrected chi connectivity index (χ3v) is 3.14. The van der Waals surface area contributed by atoms with Gasteiger partial charge in [-0.05, 0) is 37.9 Å². The second-order valence-electron chi connectivity index (χ2n) is 4.55. The molecule has 94 valence electrons. The van der Waals surface area contributed by atoms with Gasteiger partial charge in [-0.2, -0.15) is 0 Å². The lowest BCUT2D eigenvalue weighted by Gasteiger charge is -2.34. The minimum atomic E-state index is -0.219. The fraction of sp³-hybridized carbons (Fsp3) is 0.615. The standard InChI is InChI=1S/C13H20FN3/c1-2-7-15-11-5-4-9-17(10-11)13-12(14)6-3-8-16-13/h3,6,8,11,15H,2,4-5,7,9-10H2,1H3. The van der Waals surface area contributed by atoms with E-state index in [2.05, 4.69) is 17.2 Å². The van der Waals surface area contributed by atoms with E-state index in [1.165, 1.54) is 12.5 Å². The molecule has 1 saturated heterocycles. The van der Waals surface area contributed by atoms with Crippen molar-refractivity contribution in [1.82, 2.24) is 10.3 Å². The average Bonchev–Trinajstić information content (AvgIpc) is 2.37.